The number of benzene rings is 2. The molecule has 1 aliphatic heterocycles. The number of para-hydroxylation sites is 1. The summed E-state index contributed by atoms with van der Waals surface area (Å²) in [5, 5.41) is 0.691. The highest BCUT2D eigenvalue weighted by atomic mass is 35.5. The van der Waals surface area contributed by atoms with Crippen molar-refractivity contribution in [2.75, 3.05) is 26.2 Å². The zero-order valence-corrected chi connectivity index (χ0v) is 20.2. The van der Waals surface area contributed by atoms with Crippen molar-refractivity contribution in [2.24, 2.45) is 5.92 Å². The molecule has 2 aromatic carbocycles. The molecule has 0 aliphatic carbocycles. The van der Waals surface area contributed by atoms with E-state index in [9.17, 15) is 4.79 Å². The molecule has 0 amide bonds. The molecule has 0 spiro atoms. The van der Waals surface area contributed by atoms with Crippen molar-refractivity contribution < 1.29 is 14.3 Å². The van der Waals surface area contributed by atoms with E-state index in [2.05, 4.69) is 34.6 Å². The van der Waals surface area contributed by atoms with Crippen molar-refractivity contribution in [2.45, 2.75) is 46.3 Å². The van der Waals surface area contributed by atoms with E-state index in [1.54, 1.807) is 0 Å². The fourth-order valence-electron chi connectivity index (χ4n) is 4.48. The Balaban J connectivity index is 1.38. The van der Waals surface area contributed by atoms with Gasteiger partial charge in [0.15, 0.2) is 0 Å². The lowest BCUT2D eigenvalue weighted by Crippen LogP contribution is -2.37. The molecular formula is C26H32ClN3O3. The van der Waals surface area contributed by atoms with Crippen molar-refractivity contribution in [3.63, 3.8) is 0 Å². The summed E-state index contributed by atoms with van der Waals surface area (Å²) in [5.74, 6) is 1.72. The summed E-state index contributed by atoms with van der Waals surface area (Å²) >= 11 is 5.98. The number of hydrogen-bond acceptors (Lipinski definition) is 5. The Hall–Kier alpha value is -2.57. The number of imidazole rings is 1. The molecule has 0 atom stereocenters. The molecule has 0 unspecified atom stereocenters. The number of ether oxygens (including phenoxy) is 2. The molecular weight excluding hydrogens is 438 g/mol. The van der Waals surface area contributed by atoms with Gasteiger partial charge in [0.25, 0.3) is 0 Å². The average molecular weight is 470 g/mol. The van der Waals surface area contributed by atoms with Crippen LogP contribution in [0.5, 0.6) is 5.75 Å². The van der Waals surface area contributed by atoms with Crippen LogP contribution in [0.1, 0.15) is 37.6 Å². The van der Waals surface area contributed by atoms with Gasteiger partial charge in [0.2, 0.25) is 0 Å². The Kier molecular flexibility index (Phi) is 7.89. The maximum atomic E-state index is 12.0. The number of aryl methyl sites for hydroxylation is 2. The van der Waals surface area contributed by atoms with E-state index in [1.807, 2.05) is 31.2 Å². The molecule has 1 aromatic heterocycles. The summed E-state index contributed by atoms with van der Waals surface area (Å²) in [4.78, 5) is 19.3. The van der Waals surface area contributed by atoms with Crippen LogP contribution in [0.2, 0.25) is 5.02 Å². The highest BCUT2D eigenvalue weighted by Crippen LogP contribution is 2.23. The van der Waals surface area contributed by atoms with Crippen molar-refractivity contribution in [1.82, 2.24) is 14.5 Å². The van der Waals surface area contributed by atoms with Gasteiger partial charge in [-0.2, -0.15) is 0 Å². The number of esters is 1. The number of aromatic nitrogens is 2. The fourth-order valence-corrected chi connectivity index (χ4v) is 4.60. The summed E-state index contributed by atoms with van der Waals surface area (Å²) in [7, 11) is 0. The minimum Gasteiger partial charge on any atom is -0.486 e. The normalized spacial score (nSPS) is 15.1. The molecule has 1 saturated heterocycles. The largest absolute Gasteiger partial charge is 0.486 e. The van der Waals surface area contributed by atoms with Crippen LogP contribution in [-0.2, 0) is 22.7 Å². The quantitative estimate of drug-likeness (QED) is 0.401. The van der Waals surface area contributed by atoms with Crippen molar-refractivity contribution in [3.8, 4) is 5.75 Å². The van der Waals surface area contributed by atoms with E-state index in [1.165, 1.54) is 5.56 Å². The molecule has 4 rings (SSSR count). The number of hydrogen-bond donors (Lipinski definition) is 0. The first-order chi connectivity index (χ1) is 16.0. The zero-order valence-electron chi connectivity index (χ0n) is 19.4. The van der Waals surface area contributed by atoms with Crippen LogP contribution in [0.3, 0.4) is 0 Å². The molecule has 1 aliphatic rings. The van der Waals surface area contributed by atoms with Gasteiger partial charge in [-0.25, -0.2) is 4.98 Å². The van der Waals surface area contributed by atoms with Crippen LogP contribution in [-0.4, -0.2) is 46.7 Å². The van der Waals surface area contributed by atoms with E-state index < -0.39 is 0 Å². The van der Waals surface area contributed by atoms with E-state index in [4.69, 9.17) is 26.1 Å². The maximum Gasteiger partial charge on any atom is 0.309 e. The predicted octanol–water partition coefficient (Wildman–Crippen LogP) is 5.24. The molecule has 7 heteroatoms. The average Bonchev–Trinajstić information content (AvgIpc) is 3.18. The van der Waals surface area contributed by atoms with Gasteiger partial charge in [-0.3, -0.25) is 4.79 Å². The SMILES string of the molecule is CCOC(=O)C1CCN(CCCn2c(COc3ccc(Cl)cc3)nc3c(C)cccc32)CC1. The lowest BCUT2D eigenvalue weighted by atomic mass is 9.97. The van der Waals surface area contributed by atoms with Gasteiger partial charge in [0, 0.05) is 11.6 Å². The second kappa shape index (κ2) is 11.0. The van der Waals surface area contributed by atoms with Crippen molar-refractivity contribution >= 4 is 28.6 Å². The maximum absolute atomic E-state index is 12.0. The topological polar surface area (TPSA) is 56.6 Å². The molecule has 2 heterocycles. The summed E-state index contributed by atoms with van der Waals surface area (Å²) in [6, 6.07) is 13.7. The Morgan fingerprint density at radius 1 is 1.12 bits per heavy atom. The molecule has 6 nitrogen and oxygen atoms in total. The van der Waals surface area contributed by atoms with Crippen molar-refractivity contribution in [3.05, 3.63) is 58.9 Å². The molecule has 176 valence electrons. The predicted molar refractivity (Wildman–Crippen MR) is 131 cm³/mol. The highest BCUT2D eigenvalue weighted by Gasteiger charge is 2.25. The number of rotatable bonds is 9. The first kappa shape index (κ1) is 23.6. The fraction of sp³-hybridized carbons (Fsp3) is 0.462. The van der Waals surface area contributed by atoms with Gasteiger partial charge in [0.05, 0.1) is 23.6 Å². The van der Waals surface area contributed by atoms with Gasteiger partial charge in [0.1, 0.15) is 18.2 Å². The van der Waals surface area contributed by atoms with Gasteiger partial charge >= 0.3 is 5.97 Å². The molecule has 0 N–H and O–H groups in total. The van der Waals surface area contributed by atoms with Crippen LogP contribution < -0.4 is 4.74 Å². The number of carbonyl (C=O) groups excluding carboxylic acids is 1. The Bertz CT molecular complexity index is 1070. The summed E-state index contributed by atoms with van der Waals surface area (Å²) in [6.45, 7) is 8.58. The van der Waals surface area contributed by atoms with Gasteiger partial charge in [-0.05, 0) is 88.6 Å². The molecule has 3 aromatic rings. The molecule has 0 bridgehead atoms. The zero-order chi connectivity index (χ0) is 23.2. The third kappa shape index (κ3) is 5.87. The number of carbonyl (C=O) groups is 1. The van der Waals surface area contributed by atoms with Gasteiger partial charge in [-0.1, -0.05) is 23.7 Å². The Morgan fingerprint density at radius 3 is 2.61 bits per heavy atom. The van der Waals surface area contributed by atoms with Crippen LogP contribution >= 0.6 is 11.6 Å². The van der Waals surface area contributed by atoms with Crippen LogP contribution in [0.4, 0.5) is 0 Å². The summed E-state index contributed by atoms with van der Waals surface area (Å²) in [5.41, 5.74) is 3.34. The second-order valence-electron chi connectivity index (χ2n) is 8.59. The Morgan fingerprint density at radius 2 is 1.88 bits per heavy atom. The van der Waals surface area contributed by atoms with E-state index in [0.29, 0.717) is 18.2 Å². The smallest absolute Gasteiger partial charge is 0.309 e. The lowest BCUT2D eigenvalue weighted by Gasteiger charge is -2.30. The number of piperidine rings is 1. The molecule has 33 heavy (non-hydrogen) atoms. The number of likely N-dealkylation sites (tertiary alicyclic amines) is 1. The van der Waals surface area contributed by atoms with Crippen LogP contribution in [0.25, 0.3) is 11.0 Å². The third-order valence-electron chi connectivity index (χ3n) is 6.30. The molecule has 0 radical (unpaired) electrons. The number of nitrogens with zero attached hydrogens (tertiary/aromatic N) is 3. The van der Waals surface area contributed by atoms with E-state index >= 15 is 0 Å². The van der Waals surface area contributed by atoms with Gasteiger partial charge in [-0.15, -0.1) is 0 Å². The minimum atomic E-state index is -0.0391. The van der Waals surface area contributed by atoms with Crippen molar-refractivity contribution in [1.29, 1.82) is 0 Å². The molecule has 1 fully saturated rings. The first-order valence-corrected chi connectivity index (χ1v) is 12.1. The second-order valence-corrected chi connectivity index (χ2v) is 9.02. The summed E-state index contributed by atoms with van der Waals surface area (Å²) in [6.07, 6.45) is 2.77. The minimum absolute atomic E-state index is 0.0391. The van der Waals surface area contributed by atoms with Gasteiger partial charge < -0.3 is 18.9 Å². The first-order valence-electron chi connectivity index (χ1n) is 11.8. The highest BCUT2D eigenvalue weighted by molar-refractivity contribution is 6.30. The third-order valence-corrected chi connectivity index (χ3v) is 6.56. The number of halogens is 1. The molecule has 0 saturated carbocycles. The van der Waals surface area contributed by atoms with E-state index in [0.717, 1.165) is 68.0 Å². The monoisotopic (exact) mass is 469 g/mol. The summed E-state index contributed by atoms with van der Waals surface area (Å²) < 4.78 is 13.5. The van der Waals surface area contributed by atoms with E-state index in [-0.39, 0.29) is 11.9 Å². The van der Waals surface area contributed by atoms with Crippen LogP contribution in [0.15, 0.2) is 42.5 Å². The Labute approximate surface area is 200 Å². The van der Waals surface area contributed by atoms with Crippen LogP contribution in [0, 0.1) is 12.8 Å². The lowest BCUT2D eigenvalue weighted by molar-refractivity contribution is -0.149. The standard InChI is InChI=1S/C26H32ClN3O3/c1-3-32-26(31)20-12-16-29(17-13-20)14-5-15-30-23-7-4-6-19(2)25(23)28-24(30)18-33-22-10-8-21(27)9-11-22/h4,6-11,20H,3,5,12-18H2,1-2H3. The number of fused-ring (bicyclic) bond motifs is 1.